The molecule has 4 bridgehead atoms. The summed E-state index contributed by atoms with van der Waals surface area (Å²) in [4.78, 5) is 3.04. The van der Waals surface area contributed by atoms with Crippen LogP contribution < -0.4 is 5.32 Å². The summed E-state index contributed by atoms with van der Waals surface area (Å²) >= 11 is 0. The minimum atomic E-state index is 0.615. The van der Waals surface area contributed by atoms with Crippen molar-refractivity contribution in [3.8, 4) is 0 Å². The Morgan fingerprint density at radius 3 is 2.14 bits per heavy atom. The zero-order valence-electron chi connectivity index (χ0n) is 14.1. The Morgan fingerprint density at radius 1 is 1.00 bits per heavy atom. The molecule has 5 aliphatic rings. The van der Waals surface area contributed by atoms with E-state index in [0.717, 1.165) is 29.8 Å². The maximum Gasteiger partial charge on any atom is 0.0224 e. The predicted molar refractivity (Wildman–Crippen MR) is 88.4 cm³/mol. The van der Waals surface area contributed by atoms with Gasteiger partial charge in [-0.05, 0) is 69.1 Å². The van der Waals surface area contributed by atoms with Crippen LogP contribution in [0.15, 0.2) is 0 Å². The zero-order valence-corrected chi connectivity index (χ0v) is 14.1. The molecule has 4 saturated carbocycles. The van der Waals surface area contributed by atoms with Gasteiger partial charge in [-0.15, -0.1) is 0 Å². The number of piperazine rings is 1. The predicted octanol–water partition coefficient (Wildman–Crippen LogP) is 3.81. The molecule has 0 aromatic rings. The Hall–Kier alpha value is -0.0800. The van der Waals surface area contributed by atoms with E-state index in [1.54, 1.807) is 19.3 Å². The highest BCUT2D eigenvalue weighted by Crippen LogP contribution is 2.58. The highest BCUT2D eigenvalue weighted by atomic mass is 15.3. The fourth-order valence-electron chi connectivity index (χ4n) is 6.77. The molecule has 120 valence electrons. The van der Waals surface area contributed by atoms with E-state index in [0.29, 0.717) is 5.54 Å². The first-order valence-corrected chi connectivity index (χ1v) is 9.72. The summed E-state index contributed by atoms with van der Waals surface area (Å²) in [5.74, 6) is 3.23. The molecule has 1 aliphatic heterocycles. The van der Waals surface area contributed by atoms with Crippen LogP contribution in [-0.2, 0) is 0 Å². The molecule has 0 aromatic carbocycles. The Bertz CT molecular complexity index is 342. The van der Waals surface area contributed by atoms with Gasteiger partial charge in [-0.1, -0.05) is 20.3 Å². The summed E-state index contributed by atoms with van der Waals surface area (Å²) in [6, 6.07) is 1.56. The van der Waals surface area contributed by atoms with Gasteiger partial charge >= 0.3 is 0 Å². The molecule has 0 aromatic heterocycles. The number of hydrogen-bond donors (Lipinski definition) is 1. The summed E-state index contributed by atoms with van der Waals surface area (Å²) in [7, 11) is 0. The molecule has 1 heterocycles. The van der Waals surface area contributed by atoms with E-state index < -0.39 is 0 Å². The van der Waals surface area contributed by atoms with Gasteiger partial charge in [0.1, 0.15) is 0 Å². The topological polar surface area (TPSA) is 15.3 Å². The van der Waals surface area contributed by atoms with Crippen molar-refractivity contribution in [2.45, 2.75) is 89.3 Å². The van der Waals surface area contributed by atoms with Gasteiger partial charge in [-0.3, -0.25) is 4.90 Å². The van der Waals surface area contributed by atoms with Crippen LogP contribution >= 0.6 is 0 Å². The fraction of sp³-hybridized carbons (Fsp3) is 1.00. The third-order valence-corrected chi connectivity index (χ3v) is 7.22. The second-order valence-electron chi connectivity index (χ2n) is 8.75. The van der Waals surface area contributed by atoms with Crippen LogP contribution in [0.25, 0.3) is 0 Å². The summed E-state index contributed by atoms with van der Waals surface area (Å²) < 4.78 is 0. The molecule has 1 N–H and O–H groups in total. The molecule has 5 fully saturated rings. The molecule has 21 heavy (non-hydrogen) atoms. The molecule has 1 saturated heterocycles. The largest absolute Gasteiger partial charge is 0.311 e. The normalized spacial score (nSPS) is 49.7. The lowest BCUT2D eigenvalue weighted by Gasteiger charge is -2.63. The number of nitrogens with one attached hydrogen (secondary N) is 1. The second-order valence-corrected chi connectivity index (χ2v) is 8.75. The van der Waals surface area contributed by atoms with Crippen LogP contribution in [0.5, 0.6) is 0 Å². The van der Waals surface area contributed by atoms with Crippen LogP contribution in [0.2, 0.25) is 0 Å². The highest BCUT2D eigenvalue weighted by Gasteiger charge is 2.55. The summed E-state index contributed by atoms with van der Waals surface area (Å²) in [6.45, 7) is 7.31. The summed E-state index contributed by atoms with van der Waals surface area (Å²) in [6.07, 6.45) is 13.3. The van der Waals surface area contributed by atoms with Crippen molar-refractivity contribution in [2.24, 2.45) is 17.8 Å². The minimum Gasteiger partial charge on any atom is -0.311 e. The van der Waals surface area contributed by atoms with Gasteiger partial charge in [-0.25, -0.2) is 0 Å². The van der Waals surface area contributed by atoms with Crippen LogP contribution in [0.4, 0.5) is 0 Å². The maximum absolute atomic E-state index is 3.84. The van der Waals surface area contributed by atoms with Gasteiger partial charge in [0.15, 0.2) is 0 Å². The van der Waals surface area contributed by atoms with Gasteiger partial charge in [0.05, 0.1) is 0 Å². The van der Waals surface area contributed by atoms with Gasteiger partial charge in [0.25, 0.3) is 0 Å². The van der Waals surface area contributed by atoms with Crippen molar-refractivity contribution < 1.29 is 0 Å². The van der Waals surface area contributed by atoms with Crippen LogP contribution in [0.1, 0.15) is 71.6 Å². The first-order chi connectivity index (χ1) is 10.2. The molecule has 0 radical (unpaired) electrons. The number of rotatable bonds is 4. The van der Waals surface area contributed by atoms with Crippen LogP contribution in [-0.4, -0.2) is 35.6 Å². The van der Waals surface area contributed by atoms with Gasteiger partial charge in [0, 0.05) is 30.7 Å². The zero-order chi connectivity index (χ0) is 14.4. The lowest BCUT2D eigenvalue weighted by molar-refractivity contribution is -0.116. The molecule has 5 rings (SSSR count). The van der Waals surface area contributed by atoms with Crippen LogP contribution in [0, 0.1) is 17.8 Å². The van der Waals surface area contributed by atoms with Crippen molar-refractivity contribution in [3.05, 3.63) is 0 Å². The van der Waals surface area contributed by atoms with Gasteiger partial charge < -0.3 is 5.32 Å². The molecule has 0 spiro atoms. The summed E-state index contributed by atoms with van der Waals surface area (Å²) in [5, 5.41) is 3.84. The Kier molecular flexibility index (Phi) is 3.82. The SMILES string of the molecule is CCCC1CN(C23CC4CC(CC(C4)C2)C3)C(CC)CN1. The minimum absolute atomic E-state index is 0.615. The first-order valence-electron chi connectivity index (χ1n) is 9.72. The average molecular weight is 290 g/mol. The maximum atomic E-state index is 3.84. The molecule has 2 nitrogen and oxygen atoms in total. The van der Waals surface area contributed by atoms with E-state index >= 15 is 0 Å². The van der Waals surface area contributed by atoms with E-state index in [1.807, 2.05) is 0 Å². The molecule has 2 unspecified atom stereocenters. The lowest BCUT2D eigenvalue weighted by Crippen LogP contribution is -2.68. The van der Waals surface area contributed by atoms with Gasteiger partial charge in [0.2, 0.25) is 0 Å². The number of nitrogens with zero attached hydrogens (tertiary/aromatic N) is 1. The lowest BCUT2D eigenvalue weighted by atomic mass is 9.52. The Balaban J connectivity index is 1.57. The molecule has 2 heteroatoms. The van der Waals surface area contributed by atoms with Crippen molar-refractivity contribution in [2.75, 3.05) is 13.1 Å². The van der Waals surface area contributed by atoms with E-state index in [2.05, 4.69) is 24.1 Å². The van der Waals surface area contributed by atoms with E-state index in [4.69, 9.17) is 0 Å². The third kappa shape index (κ3) is 2.47. The smallest absolute Gasteiger partial charge is 0.0224 e. The quantitative estimate of drug-likeness (QED) is 0.847. The standard InChI is InChI=1S/C19H34N2/c1-3-5-17-13-21(18(4-2)12-20-17)19-9-14-6-15(10-19)8-16(7-14)11-19/h14-18,20H,3-13H2,1-2H3. The third-order valence-electron chi connectivity index (χ3n) is 7.22. The molecule has 0 amide bonds. The highest BCUT2D eigenvalue weighted by molar-refractivity contribution is 5.10. The molecular weight excluding hydrogens is 256 g/mol. The number of hydrogen-bond acceptors (Lipinski definition) is 2. The van der Waals surface area contributed by atoms with E-state index in [9.17, 15) is 0 Å². The Labute approximate surface area is 131 Å². The Morgan fingerprint density at radius 2 is 1.62 bits per heavy atom. The van der Waals surface area contributed by atoms with E-state index in [1.165, 1.54) is 51.6 Å². The van der Waals surface area contributed by atoms with E-state index in [-0.39, 0.29) is 0 Å². The molecular formula is C19H34N2. The van der Waals surface area contributed by atoms with Crippen molar-refractivity contribution in [1.82, 2.24) is 10.2 Å². The van der Waals surface area contributed by atoms with Crippen molar-refractivity contribution in [3.63, 3.8) is 0 Å². The van der Waals surface area contributed by atoms with Crippen LogP contribution in [0.3, 0.4) is 0 Å². The summed E-state index contributed by atoms with van der Waals surface area (Å²) in [5.41, 5.74) is 0.615. The second kappa shape index (κ2) is 5.53. The van der Waals surface area contributed by atoms with Crippen molar-refractivity contribution in [1.29, 1.82) is 0 Å². The first kappa shape index (κ1) is 14.5. The van der Waals surface area contributed by atoms with Crippen molar-refractivity contribution >= 4 is 0 Å². The van der Waals surface area contributed by atoms with Gasteiger partial charge in [-0.2, -0.15) is 0 Å². The molecule has 4 aliphatic carbocycles. The average Bonchev–Trinajstić information content (AvgIpc) is 2.46. The molecule has 2 atom stereocenters. The monoisotopic (exact) mass is 290 g/mol. The fourth-order valence-corrected chi connectivity index (χ4v) is 6.77.